The summed E-state index contributed by atoms with van der Waals surface area (Å²) in [6, 6.07) is 6.84. The zero-order valence-corrected chi connectivity index (χ0v) is 13.0. The molecule has 1 aromatic rings. The lowest BCUT2D eigenvalue weighted by atomic mass is 10.1. The zero-order chi connectivity index (χ0) is 14.4. The van der Waals surface area contributed by atoms with Crippen LogP contribution in [0.25, 0.3) is 0 Å². The number of aliphatic hydroxyl groups excluding tert-OH is 1. The Morgan fingerprint density at radius 1 is 1.30 bits per heavy atom. The molecular formula is C16H25ClN2O. The average Bonchev–Trinajstić information content (AvgIpc) is 3.25. The maximum absolute atomic E-state index is 8.82. The SMILES string of the molecule is CN(CCCCCO)c1c(Cl)cccc1CNC1CC1. The first-order chi connectivity index (χ1) is 9.72. The number of nitrogens with one attached hydrogen (secondary N) is 1. The van der Waals surface area contributed by atoms with E-state index in [0.29, 0.717) is 6.04 Å². The van der Waals surface area contributed by atoms with E-state index < -0.39 is 0 Å². The molecule has 0 aromatic heterocycles. The van der Waals surface area contributed by atoms with E-state index in [1.165, 1.54) is 18.4 Å². The van der Waals surface area contributed by atoms with Crippen LogP contribution in [0.2, 0.25) is 5.02 Å². The fourth-order valence-electron chi connectivity index (χ4n) is 2.42. The Morgan fingerprint density at radius 2 is 2.10 bits per heavy atom. The van der Waals surface area contributed by atoms with Crippen molar-refractivity contribution in [2.75, 3.05) is 25.1 Å². The van der Waals surface area contributed by atoms with Gasteiger partial charge in [0.2, 0.25) is 0 Å². The Morgan fingerprint density at radius 3 is 2.80 bits per heavy atom. The van der Waals surface area contributed by atoms with E-state index in [1.807, 2.05) is 12.1 Å². The van der Waals surface area contributed by atoms with Crippen LogP contribution in [0.4, 0.5) is 5.69 Å². The first-order valence-corrected chi connectivity index (χ1v) is 7.93. The maximum atomic E-state index is 8.82. The molecule has 0 atom stereocenters. The van der Waals surface area contributed by atoms with E-state index in [9.17, 15) is 0 Å². The molecule has 1 aliphatic carbocycles. The van der Waals surface area contributed by atoms with Crippen molar-refractivity contribution in [2.45, 2.75) is 44.7 Å². The molecule has 0 aliphatic heterocycles. The van der Waals surface area contributed by atoms with Gasteiger partial charge in [-0.25, -0.2) is 0 Å². The van der Waals surface area contributed by atoms with Gasteiger partial charge in [-0.2, -0.15) is 0 Å². The van der Waals surface area contributed by atoms with Gasteiger partial charge in [-0.15, -0.1) is 0 Å². The summed E-state index contributed by atoms with van der Waals surface area (Å²) >= 11 is 6.39. The van der Waals surface area contributed by atoms with Crippen molar-refractivity contribution in [3.05, 3.63) is 28.8 Å². The smallest absolute Gasteiger partial charge is 0.0642 e. The number of anilines is 1. The lowest BCUT2D eigenvalue weighted by Crippen LogP contribution is -2.23. The van der Waals surface area contributed by atoms with Crippen molar-refractivity contribution < 1.29 is 5.11 Å². The molecule has 112 valence electrons. The van der Waals surface area contributed by atoms with Crippen molar-refractivity contribution in [2.24, 2.45) is 0 Å². The van der Waals surface area contributed by atoms with Crippen molar-refractivity contribution in [3.8, 4) is 0 Å². The van der Waals surface area contributed by atoms with E-state index in [0.717, 1.165) is 43.1 Å². The lowest BCUT2D eigenvalue weighted by molar-refractivity contribution is 0.283. The summed E-state index contributed by atoms with van der Waals surface area (Å²) in [6.45, 7) is 2.15. The minimum atomic E-state index is 0.284. The Labute approximate surface area is 126 Å². The highest BCUT2D eigenvalue weighted by molar-refractivity contribution is 6.33. The van der Waals surface area contributed by atoms with Crippen molar-refractivity contribution >= 4 is 17.3 Å². The van der Waals surface area contributed by atoms with Crippen LogP contribution in [0.15, 0.2) is 18.2 Å². The van der Waals surface area contributed by atoms with Gasteiger partial charge in [0.25, 0.3) is 0 Å². The molecule has 0 bridgehead atoms. The second-order valence-corrected chi connectivity index (χ2v) is 6.02. The van der Waals surface area contributed by atoms with Gasteiger partial charge in [0, 0.05) is 32.8 Å². The normalized spacial score (nSPS) is 14.6. The van der Waals surface area contributed by atoms with E-state index in [4.69, 9.17) is 16.7 Å². The Bertz CT molecular complexity index is 421. The molecular weight excluding hydrogens is 272 g/mol. The van der Waals surface area contributed by atoms with Crippen LogP contribution in [0.3, 0.4) is 0 Å². The summed E-state index contributed by atoms with van der Waals surface area (Å²) in [5.74, 6) is 0. The molecule has 0 saturated heterocycles. The van der Waals surface area contributed by atoms with Crippen molar-refractivity contribution in [3.63, 3.8) is 0 Å². The summed E-state index contributed by atoms with van der Waals surface area (Å²) in [4.78, 5) is 2.24. The Balaban J connectivity index is 1.95. The number of hydrogen-bond donors (Lipinski definition) is 2. The molecule has 0 spiro atoms. The van der Waals surface area contributed by atoms with Gasteiger partial charge in [0.1, 0.15) is 0 Å². The molecule has 0 amide bonds. The van der Waals surface area contributed by atoms with Gasteiger partial charge in [-0.3, -0.25) is 0 Å². The molecule has 1 aliphatic rings. The van der Waals surface area contributed by atoms with Crippen LogP contribution in [0.1, 0.15) is 37.7 Å². The highest BCUT2D eigenvalue weighted by Gasteiger charge is 2.21. The molecule has 0 radical (unpaired) electrons. The largest absolute Gasteiger partial charge is 0.396 e. The minimum absolute atomic E-state index is 0.284. The summed E-state index contributed by atoms with van der Waals surface area (Å²) in [7, 11) is 2.10. The molecule has 20 heavy (non-hydrogen) atoms. The number of hydrogen-bond acceptors (Lipinski definition) is 3. The molecule has 3 nitrogen and oxygen atoms in total. The number of unbranched alkanes of at least 4 members (excludes halogenated alkanes) is 2. The van der Waals surface area contributed by atoms with Crippen LogP contribution in [-0.2, 0) is 6.54 Å². The molecule has 2 rings (SSSR count). The maximum Gasteiger partial charge on any atom is 0.0642 e. The Hall–Kier alpha value is -0.770. The van der Waals surface area contributed by atoms with Crippen LogP contribution in [-0.4, -0.2) is 31.3 Å². The van der Waals surface area contributed by atoms with E-state index >= 15 is 0 Å². The monoisotopic (exact) mass is 296 g/mol. The number of halogens is 1. The van der Waals surface area contributed by atoms with E-state index in [-0.39, 0.29) is 6.61 Å². The molecule has 4 heteroatoms. The van der Waals surface area contributed by atoms with Gasteiger partial charge in [0.05, 0.1) is 10.7 Å². The van der Waals surface area contributed by atoms with Crippen LogP contribution in [0.5, 0.6) is 0 Å². The summed E-state index contributed by atoms with van der Waals surface area (Å²) in [6.07, 6.45) is 5.62. The van der Waals surface area contributed by atoms with Gasteiger partial charge < -0.3 is 15.3 Å². The molecule has 1 saturated carbocycles. The fraction of sp³-hybridized carbons (Fsp3) is 0.625. The highest BCUT2D eigenvalue weighted by atomic mass is 35.5. The van der Waals surface area contributed by atoms with Gasteiger partial charge in [-0.05, 0) is 43.7 Å². The molecule has 1 fully saturated rings. The highest BCUT2D eigenvalue weighted by Crippen LogP contribution is 2.30. The molecule has 2 N–H and O–H groups in total. The number of para-hydroxylation sites is 1. The van der Waals surface area contributed by atoms with Crippen molar-refractivity contribution in [1.82, 2.24) is 5.32 Å². The molecule has 0 heterocycles. The second kappa shape index (κ2) is 7.87. The summed E-state index contributed by atoms with van der Waals surface area (Å²) < 4.78 is 0. The third-order valence-electron chi connectivity index (χ3n) is 3.76. The quantitative estimate of drug-likeness (QED) is 0.687. The number of aliphatic hydroxyl groups is 1. The van der Waals surface area contributed by atoms with Crippen LogP contribution >= 0.6 is 11.6 Å². The lowest BCUT2D eigenvalue weighted by Gasteiger charge is -2.24. The van der Waals surface area contributed by atoms with Gasteiger partial charge in [-0.1, -0.05) is 23.7 Å². The standard InChI is InChI=1S/C16H25ClN2O/c1-19(10-3-2-4-11-20)16-13(6-5-7-15(16)17)12-18-14-8-9-14/h5-7,14,18,20H,2-4,8-12H2,1H3. The van der Waals surface area contributed by atoms with Gasteiger partial charge in [0.15, 0.2) is 0 Å². The predicted octanol–water partition coefficient (Wildman–Crippen LogP) is 3.19. The first kappa shape index (κ1) is 15.6. The Kier molecular flexibility index (Phi) is 6.14. The third-order valence-corrected chi connectivity index (χ3v) is 4.07. The van der Waals surface area contributed by atoms with Crippen molar-refractivity contribution in [1.29, 1.82) is 0 Å². The molecule has 0 unspecified atom stereocenters. The predicted molar refractivity (Wildman–Crippen MR) is 85.5 cm³/mol. The zero-order valence-electron chi connectivity index (χ0n) is 12.2. The topological polar surface area (TPSA) is 35.5 Å². The number of rotatable bonds is 9. The van der Waals surface area contributed by atoms with Crippen LogP contribution in [0, 0.1) is 0 Å². The fourth-order valence-corrected chi connectivity index (χ4v) is 2.76. The minimum Gasteiger partial charge on any atom is -0.396 e. The molecule has 1 aromatic carbocycles. The summed E-state index contributed by atoms with van der Waals surface area (Å²) in [5.41, 5.74) is 2.42. The van der Waals surface area contributed by atoms with E-state index in [1.54, 1.807) is 0 Å². The van der Waals surface area contributed by atoms with Crippen LogP contribution < -0.4 is 10.2 Å². The summed E-state index contributed by atoms with van der Waals surface area (Å²) in [5, 5.41) is 13.2. The first-order valence-electron chi connectivity index (χ1n) is 7.55. The van der Waals surface area contributed by atoms with Gasteiger partial charge >= 0.3 is 0 Å². The third kappa shape index (κ3) is 4.65. The second-order valence-electron chi connectivity index (χ2n) is 5.61. The van der Waals surface area contributed by atoms with E-state index in [2.05, 4.69) is 23.3 Å². The number of nitrogens with zero attached hydrogens (tertiary/aromatic N) is 1. The number of benzene rings is 1. The average molecular weight is 297 g/mol.